The van der Waals surface area contributed by atoms with Gasteiger partial charge in [-0.1, -0.05) is 29.8 Å². The molecule has 2 N–H and O–H groups in total. The van der Waals surface area contributed by atoms with E-state index in [0.717, 1.165) is 6.07 Å². The van der Waals surface area contributed by atoms with Gasteiger partial charge in [0.25, 0.3) is 5.91 Å². The minimum Gasteiger partial charge on any atom is -0.340 e. The first-order valence-electron chi connectivity index (χ1n) is 7.79. The second-order valence-electron chi connectivity index (χ2n) is 5.57. The maximum absolute atomic E-state index is 12.9. The topological polar surface area (TPSA) is 54.0 Å². The Morgan fingerprint density at radius 3 is 2.30 bits per heavy atom. The van der Waals surface area contributed by atoms with Gasteiger partial charge in [-0.05, 0) is 42.5 Å². The van der Waals surface area contributed by atoms with Crippen molar-refractivity contribution in [2.24, 2.45) is 0 Å². The van der Waals surface area contributed by atoms with Crippen molar-refractivity contribution in [2.45, 2.75) is 6.18 Å². The van der Waals surface area contributed by atoms with Crippen LogP contribution in [0.1, 0.15) is 15.9 Å². The first-order valence-corrected chi connectivity index (χ1v) is 8.17. The van der Waals surface area contributed by atoms with Crippen molar-refractivity contribution in [3.63, 3.8) is 0 Å². The van der Waals surface area contributed by atoms with E-state index in [1.807, 2.05) is 0 Å². The van der Waals surface area contributed by atoms with E-state index >= 15 is 0 Å². The summed E-state index contributed by atoms with van der Waals surface area (Å²) >= 11 is 5.60. The molecule has 0 saturated carbocycles. The highest BCUT2D eigenvalue weighted by atomic mass is 35.5. The van der Waals surface area contributed by atoms with Crippen LogP contribution >= 0.6 is 11.6 Å². The lowest BCUT2D eigenvalue weighted by atomic mass is 10.2. The van der Waals surface area contributed by atoms with Crippen LogP contribution in [0.4, 0.5) is 30.4 Å². The molecule has 1 amide bonds. The van der Waals surface area contributed by atoms with Crippen molar-refractivity contribution in [3.05, 3.63) is 83.0 Å². The van der Waals surface area contributed by atoms with Crippen LogP contribution in [-0.4, -0.2) is 10.9 Å². The van der Waals surface area contributed by atoms with Crippen LogP contribution in [0.25, 0.3) is 0 Å². The summed E-state index contributed by atoms with van der Waals surface area (Å²) in [6.07, 6.45) is -3.14. The zero-order valence-corrected chi connectivity index (χ0v) is 14.5. The molecular formula is C19H13ClF3N3O. The third-order valence-electron chi connectivity index (χ3n) is 3.60. The van der Waals surface area contributed by atoms with Crippen molar-refractivity contribution < 1.29 is 18.0 Å². The Balaban J connectivity index is 1.70. The van der Waals surface area contributed by atoms with Gasteiger partial charge >= 0.3 is 6.18 Å². The molecule has 3 rings (SSSR count). The fourth-order valence-electron chi connectivity index (χ4n) is 2.30. The average molecular weight is 392 g/mol. The van der Waals surface area contributed by atoms with Crippen LogP contribution in [0.15, 0.2) is 66.9 Å². The number of halogens is 4. The second-order valence-corrected chi connectivity index (χ2v) is 5.98. The third kappa shape index (κ3) is 4.77. The van der Waals surface area contributed by atoms with E-state index in [4.69, 9.17) is 11.6 Å². The van der Waals surface area contributed by atoms with E-state index in [9.17, 15) is 18.0 Å². The molecule has 3 aromatic rings. The van der Waals surface area contributed by atoms with Gasteiger partial charge in [-0.3, -0.25) is 4.79 Å². The van der Waals surface area contributed by atoms with Gasteiger partial charge in [0.05, 0.1) is 22.5 Å². The fraction of sp³-hybridized carbons (Fsp3) is 0.0526. The summed E-state index contributed by atoms with van der Waals surface area (Å²) in [7, 11) is 0. The first kappa shape index (κ1) is 18.7. The molecule has 0 fully saturated rings. The van der Waals surface area contributed by atoms with Crippen molar-refractivity contribution in [3.8, 4) is 0 Å². The van der Waals surface area contributed by atoms with Crippen LogP contribution in [0.5, 0.6) is 0 Å². The molecule has 8 heteroatoms. The molecule has 138 valence electrons. The largest absolute Gasteiger partial charge is 0.417 e. The number of aromatic nitrogens is 1. The molecule has 0 saturated heterocycles. The molecule has 27 heavy (non-hydrogen) atoms. The quantitative estimate of drug-likeness (QED) is 0.595. The van der Waals surface area contributed by atoms with Crippen molar-refractivity contribution in [2.75, 3.05) is 10.6 Å². The van der Waals surface area contributed by atoms with Gasteiger partial charge in [-0.25, -0.2) is 4.98 Å². The number of alkyl halides is 3. The number of benzene rings is 2. The molecule has 2 aromatic carbocycles. The van der Waals surface area contributed by atoms with Crippen LogP contribution in [0, 0.1) is 0 Å². The van der Waals surface area contributed by atoms with Gasteiger partial charge in [0, 0.05) is 11.3 Å². The summed E-state index contributed by atoms with van der Waals surface area (Å²) < 4.78 is 38.7. The second kappa shape index (κ2) is 7.67. The molecule has 0 atom stereocenters. The number of rotatable bonds is 4. The molecule has 0 aliphatic heterocycles. The summed E-state index contributed by atoms with van der Waals surface area (Å²) in [4.78, 5) is 16.2. The minimum absolute atomic E-state index is 0.195. The Morgan fingerprint density at radius 1 is 0.963 bits per heavy atom. The number of amides is 1. The fourth-order valence-corrected chi connectivity index (χ4v) is 2.53. The van der Waals surface area contributed by atoms with E-state index in [1.165, 1.54) is 18.3 Å². The lowest BCUT2D eigenvalue weighted by Gasteiger charge is -2.12. The molecule has 4 nitrogen and oxygen atoms in total. The van der Waals surface area contributed by atoms with Crippen LogP contribution < -0.4 is 10.6 Å². The zero-order chi connectivity index (χ0) is 19.4. The Kier molecular flexibility index (Phi) is 5.32. The van der Waals surface area contributed by atoms with Crippen molar-refractivity contribution in [1.82, 2.24) is 4.98 Å². The summed E-state index contributed by atoms with van der Waals surface area (Å²) in [6.45, 7) is 0. The normalized spacial score (nSPS) is 11.1. The van der Waals surface area contributed by atoms with Crippen molar-refractivity contribution >= 4 is 34.7 Å². The van der Waals surface area contributed by atoms with E-state index < -0.39 is 11.7 Å². The van der Waals surface area contributed by atoms with E-state index in [2.05, 4.69) is 15.6 Å². The Labute approximate surface area is 158 Å². The number of pyridine rings is 1. The van der Waals surface area contributed by atoms with E-state index in [-0.39, 0.29) is 16.6 Å². The third-order valence-corrected chi connectivity index (χ3v) is 3.93. The van der Waals surface area contributed by atoms with Gasteiger partial charge in [-0.15, -0.1) is 0 Å². The molecule has 0 aliphatic carbocycles. The molecule has 1 heterocycles. The maximum atomic E-state index is 12.9. The summed E-state index contributed by atoms with van der Waals surface area (Å²) in [5.74, 6) is 0.0359. The molecule has 0 spiro atoms. The average Bonchev–Trinajstić information content (AvgIpc) is 2.64. The number of nitrogens with zero attached hydrogens (tertiary/aromatic N) is 1. The van der Waals surface area contributed by atoms with Crippen LogP contribution in [-0.2, 0) is 6.18 Å². The minimum atomic E-state index is -4.55. The Bertz CT molecular complexity index is 945. The van der Waals surface area contributed by atoms with Gasteiger partial charge < -0.3 is 10.6 Å². The summed E-state index contributed by atoms with van der Waals surface area (Å²) in [6, 6.07) is 15.3. The van der Waals surface area contributed by atoms with E-state index in [1.54, 1.807) is 42.5 Å². The highest BCUT2D eigenvalue weighted by Crippen LogP contribution is 2.36. The lowest BCUT2D eigenvalue weighted by molar-refractivity contribution is -0.137. The highest BCUT2D eigenvalue weighted by Gasteiger charge is 2.33. The smallest absolute Gasteiger partial charge is 0.340 e. The number of anilines is 3. The van der Waals surface area contributed by atoms with Crippen molar-refractivity contribution in [1.29, 1.82) is 0 Å². The van der Waals surface area contributed by atoms with E-state index in [0.29, 0.717) is 17.1 Å². The van der Waals surface area contributed by atoms with Gasteiger partial charge in [0.15, 0.2) is 0 Å². The van der Waals surface area contributed by atoms with Gasteiger partial charge in [0.2, 0.25) is 0 Å². The maximum Gasteiger partial charge on any atom is 0.417 e. The number of hydrogen-bond donors (Lipinski definition) is 2. The standard InChI is InChI=1S/C19H13ClF3N3O/c20-16-8-6-13(10-15(16)19(21,22)23)25-17-9-7-14(11-24-17)26-18(27)12-4-2-1-3-5-12/h1-11H,(H,24,25)(H,26,27). The SMILES string of the molecule is O=C(Nc1ccc(Nc2ccc(Cl)c(C(F)(F)F)c2)nc1)c1ccccc1. The number of carbonyl (C=O) groups is 1. The monoisotopic (exact) mass is 391 g/mol. The van der Waals surface area contributed by atoms with Gasteiger partial charge in [-0.2, -0.15) is 13.2 Å². The number of nitrogens with one attached hydrogen (secondary N) is 2. The Hall–Kier alpha value is -3.06. The predicted molar refractivity (Wildman–Crippen MR) is 98.4 cm³/mol. The predicted octanol–water partition coefficient (Wildman–Crippen LogP) is 5.75. The molecule has 1 aromatic heterocycles. The van der Waals surface area contributed by atoms with Gasteiger partial charge in [0.1, 0.15) is 5.82 Å². The highest BCUT2D eigenvalue weighted by molar-refractivity contribution is 6.31. The summed E-state index contributed by atoms with van der Waals surface area (Å²) in [5.41, 5.74) is 0.225. The number of hydrogen-bond acceptors (Lipinski definition) is 3. The van der Waals surface area contributed by atoms with Crippen LogP contribution in [0.3, 0.4) is 0 Å². The lowest BCUT2D eigenvalue weighted by Crippen LogP contribution is -2.11. The zero-order valence-electron chi connectivity index (χ0n) is 13.7. The molecule has 0 bridgehead atoms. The summed E-state index contributed by atoms with van der Waals surface area (Å²) in [5, 5.41) is 5.09. The number of carbonyl (C=O) groups excluding carboxylic acids is 1. The van der Waals surface area contributed by atoms with Crippen LogP contribution in [0.2, 0.25) is 5.02 Å². The Morgan fingerprint density at radius 2 is 1.67 bits per heavy atom. The molecule has 0 unspecified atom stereocenters. The molecular weight excluding hydrogens is 379 g/mol. The molecule has 0 aliphatic rings. The first-order chi connectivity index (χ1) is 12.8. The molecule has 0 radical (unpaired) electrons.